The molecule has 0 fully saturated rings. The van der Waals surface area contributed by atoms with Gasteiger partial charge in [-0.05, 0) is 61.5 Å². The topological polar surface area (TPSA) is 0 Å². The smallest absolute Gasteiger partial charge is 0.00268 e. The molecule has 6 aromatic carbocycles. The Balaban J connectivity index is 0.000000161. The molecule has 0 nitrogen and oxygen atoms in total. The van der Waals surface area contributed by atoms with E-state index < -0.39 is 0 Å². The predicted molar refractivity (Wildman–Crippen MR) is 170 cm³/mol. The molecule has 0 heteroatoms. The fraction of sp³-hybridized carbons (Fsp3) is 0.316. The molecule has 0 saturated heterocycles. The van der Waals surface area contributed by atoms with Crippen molar-refractivity contribution in [2.24, 2.45) is 0 Å². The maximum absolute atomic E-state index is 2.30. The molecule has 38 heavy (non-hydrogen) atoms. The van der Waals surface area contributed by atoms with E-state index in [0.29, 0.717) is 0 Å². The summed E-state index contributed by atoms with van der Waals surface area (Å²) in [4.78, 5) is 0. The molecule has 0 N–H and O–H groups in total. The monoisotopic (exact) mass is 498 g/mol. The standard InChI is InChI=1S/C22H32.C16H10/c1-2-3-4-5-6-7-8-9-10-11-15-20-17-14-18-21-16-12-13-19-22(20)21;1-3-11-7-9-13-5-2-6-14-10-8-12(4-1)15(11)16(13)14/h12-14,16-19H,2-11,15H2,1H3;1-10H. The Hall–Kier alpha value is -3.38. The minimum absolute atomic E-state index is 1.23. The average molecular weight is 499 g/mol. The van der Waals surface area contributed by atoms with Crippen LogP contribution in [-0.2, 0) is 6.42 Å². The maximum atomic E-state index is 2.30. The van der Waals surface area contributed by atoms with Crippen molar-refractivity contribution in [3.63, 3.8) is 0 Å². The number of hydrogen-bond donors (Lipinski definition) is 0. The molecule has 6 rings (SSSR count). The Morgan fingerprint density at radius 1 is 0.368 bits per heavy atom. The summed E-state index contributed by atoms with van der Waals surface area (Å²) in [5.74, 6) is 0. The normalized spacial score (nSPS) is 11.4. The van der Waals surface area contributed by atoms with Gasteiger partial charge in [-0.1, -0.05) is 168 Å². The lowest BCUT2D eigenvalue weighted by molar-refractivity contribution is 0.556. The first-order valence-corrected chi connectivity index (χ1v) is 14.9. The van der Waals surface area contributed by atoms with Gasteiger partial charge in [0.15, 0.2) is 0 Å². The number of benzene rings is 6. The lowest BCUT2D eigenvalue weighted by Gasteiger charge is -2.09. The fourth-order valence-electron chi connectivity index (χ4n) is 5.98. The van der Waals surface area contributed by atoms with E-state index in [4.69, 9.17) is 0 Å². The summed E-state index contributed by atoms with van der Waals surface area (Å²) in [6.45, 7) is 2.29. The second-order valence-electron chi connectivity index (χ2n) is 10.9. The Kier molecular flexibility index (Phi) is 9.27. The van der Waals surface area contributed by atoms with Gasteiger partial charge in [0, 0.05) is 0 Å². The van der Waals surface area contributed by atoms with Crippen LogP contribution >= 0.6 is 0 Å². The molecule has 0 bridgehead atoms. The van der Waals surface area contributed by atoms with E-state index in [9.17, 15) is 0 Å². The van der Waals surface area contributed by atoms with E-state index in [1.165, 1.54) is 119 Å². The molecule has 6 aromatic rings. The SMILES string of the molecule is CCCCCCCCCCCCc1cccc2ccccc12.c1cc2ccc3cccc4ccc(c1)c2c34. The summed E-state index contributed by atoms with van der Waals surface area (Å²) in [7, 11) is 0. The summed E-state index contributed by atoms with van der Waals surface area (Å²) in [5.41, 5.74) is 1.53. The molecule has 0 aliphatic carbocycles. The number of aryl methyl sites for hydroxylation is 1. The molecular formula is C38H42. The van der Waals surface area contributed by atoms with Crippen LogP contribution in [0.25, 0.3) is 43.1 Å². The van der Waals surface area contributed by atoms with E-state index in [1.54, 1.807) is 0 Å². The van der Waals surface area contributed by atoms with Crippen LogP contribution in [0.4, 0.5) is 0 Å². The number of rotatable bonds is 11. The van der Waals surface area contributed by atoms with Crippen molar-refractivity contribution in [1.29, 1.82) is 0 Å². The lowest BCUT2D eigenvalue weighted by Crippen LogP contribution is -1.88. The van der Waals surface area contributed by atoms with E-state index in [0.717, 1.165) is 0 Å². The highest BCUT2D eigenvalue weighted by molar-refractivity contribution is 6.22. The van der Waals surface area contributed by atoms with Crippen molar-refractivity contribution in [1.82, 2.24) is 0 Å². The molecule has 0 aliphatic rings. The van der Waals surface area contributed by atoms with Crippen molar-refractivity contribution >= 4 is 43.1 Å². The zero-order chi connectivity index (χ0) is 26.0. The van der Waals surface area contributed by atoms with Gasteiger partial charge in [0.1, 0.15) is 0 Å². The van der Waals surface area contributed by atoms with Gasteiger partial charge in [-0.15, -0.1) is 0 Å². The fourth-order valence-corrected chi connectivity index (χ4v) is 5.98. The first-order chi connectivity index (χ1) is 18.8. The van der Waals surface area contributed by atoms with Crippen molar-refractivity contribution < 1.29 is 0 Å². The number of fused-ring (bicyclic) bond motifs is 1. The highest BCUT2D eigenvalue weighted by Gasteiger charge is 2.06. The zero-order valence-corrected chi connectivity index (χ0v) is 23.1. The van der Waals surface area contributed by atoms with E-state index in [2.05, 4.69) is 110 Å². The predicted octanol–water partition coefficient (Wildman–Crippen LogP) is 11.9. The second-order valence-corrected chi connectivity index (χ2v) is 10.9. The minimum Gasteiger partial charge on any atom is -0.0654 e. The number of unbranched alkanes of at least 4 members (excludes halogenated alkanes) is 9. The maximum Gasteiger partial charge on any atom is -0.00268 e. The third-order valence-electron chi connectivity index (χ3n) is 8.07. The van der Waals surface area contributed by atoms with E-state index in [-0.39, 0.29) is 0 Å². The molecule has 194 valence electrons. The molecule has 0 atom stereocenters. The molecule has 0 aromatic heterocycles. The van der Waals surface area contributed by atoms with Crippen LogP contribution in [0.2, 0.25) is 0 Å². The van der Waals surface area contributed by atoms with Gasteiger partial charge in [0.2, 0.25) is 0 Å². The highest BCUT2D eigenvalue weighted by atomic mass is 14.1. The zero-order valence-electron chi connectivity index (χ0n) is 23.1. The third-order valence-corrected chi connectivity index (χ3v) is 8.07. The molecule has 0 heterocycles. The second kappa shape index (κ2) is 13.4. The largest absolute Gasteiger partial charge is 0.0654 e. The summed E-state index contributed by atoms with van der Waals surface area (Å²) in [6, 6.07) is 37.4. The molecule has 0 amide bonds. The van der Waals surface area contributed by atoms with Crippen LogP contribution in [0, 0.1) is 0 Å². The molecule has 0 radical (unpaired) electrons. The van der Waals surface area contributed by atoms with Crippen LogP contribution in [0.5, 0.6) is 0 Å². The third kappa shape index (κ3) is 6.36. The van der Waals surface area contributed by atoms with E-state index in [1.807, 2.05) is 0 Å². The molecule has 0 spiro atoms. The van der Waals surface area contributed by atoms with Gasteiger partial charge in [-0.3, -0.25) is 0 Å². The van der Waals surface area contributed by atoms with Crippen LogP contribution in [0.3, 0.4) is 0 Å². The van der Waals surface area contributed by atoms with Crippen LogP contribution < -0.4 is 0 Å². The average Bonchev–Trinajstić information content (AvgIpc) is 2.97. The number of hydrogen-bond acceptors (Lipinski definition) is 0. The van der Waals surface area contributed by atoms with Gasteiger partial charge in [-0.25, -0.2) is 0 Å². The van der Waals surface area contributed by atoms with Crippen LogP contribution in [0.15, 0.2) is 103 Å². The first kappa shape index (κ1) is 26.2. The Morgan fingerprint density at radius 3 is 1.34 bits per heavy atom. The van der Waals surface area contributed by atoms with Gasteiger partial charge in [0.25, 0.3) is 0 Å². The highest BCUT2D eigenvalue weighted by Crippen LogP contribution is 2.33. The van der Waals surface area contributed by atoms with Crippen LogP contribution in [0.1, 0.15) is 76.7 Å². The lowest BCUT2D eigenvalue weighted by atomic mass is 9.95. The molecule has 0 unspecified atom stereocenters. The summed E-state index contributed by atoms with van der Waals surface area (Å²) in [5, 5.41) is 11.0. The summed E-state index contributed by atoms with van der Waals surface area (Å²) < 4.78 is 0. The Bertz CT molecular complexity index is 1420. The minimum atomic E-state index is 1.23. The van der Waals surface area contributed by atoms with Crippen LogP contribution in [-0.4, -0.2) is 0 Å². The van der Waals surface area contributed by atoms with Crippen molar-refractivity contribution in [2.45, 2.75) is 77.6 Å². The van der Waals surface area contributed by atoms with E-state index >= 15 is 0 Å². The van der Waals surface area contributed by atoms with Crippen molar-refractivity contribution in [3.8, 4) is 0 Å². The molecule has 0 saturated carbocycles. The summed E-state index contributed by atoms with van der Waals surface area (Å²) in [6.07, 6.45) is 15.4. The van der Waals surface area contributed by atoms with Gasteiger partial charge in [-0.2, -0.15) is 0 Å². The summed E-state index contributed by atoms with van der Waals surface area (Å²) >= 11 is 0. The first-order valence-electron chi connectivity index (χ1n) is 14.9. The van der Waals surface area contributed by atoms with Gasteiger partial charge in [0.05, 0.1) is 0 Å². The quantitative estimate of drug-likeness (QED) is 0.123. The Labute approximate surface area is 229 Å². The van der Waals surface area contributed by atoms with Gasteiger partial charge < -0.3 is 0 Å². The van der Waals surface area contributed by atoms with Crippen molar-refractivity contribution in [2.75, 3.05) is 0 Å². The van der Waals surface area contributed by atoms with Crippen molar-refractivity contribution in [3.05, 3.63) is 109 Å². The Morgan fingerprint density at radius 2 is 0.789 bits per heavy atom. The molecular weight excluding hydrogens is 456 g/mol. The van der Waals surface area contributed by atoms with Gasteiger partial charge >= 0.3 is 0 Å². The molecule has 0 aliphatic heterocycles.